The van der Waals surface area contributed by atoms with Crippen molar-refractivity contribution in [3.8, 4) is 11.5 Å². The van der Waals surface area contributed by atoms with Crippen molar-refractivity contribution in [2.45, 2.75) is 40.2 Å². The van der Waals surface area contributed by atoms with Crippen LogP contribution in [0, 0.1) is 5.92 Å². The highest BCUT2D eigenvalue weighted by Gasteiger charge is 2.18. The number of carbonyl (C=O) groups is 1. The lowest BCUT2D eigenvalue weighted by molar-refractivity contribution is 0.0962. The van der Waals surface area contributed by atoms with Gasteiger partial charge in [-0.25, -0.2) is 4.99 Å². The highest BCUT2D eigenvalue weighted by atomic mass is 16.7. The molecule has 0 bridgehead atoms. The van der Waals surface area contributed by atoms with Gasteiger partial charge in [0.1, 0.15) is 0 Å². The average Bonchev–Trinajstić information content (AvgIpc) is 2.99. The zero-order valence-corrected chi connectivity index (χ0v) is 14.1. The van der Waals surface area contributed by atoms with Crippen LogP contribution in [-0.4, -0.2) is 31.4 Å². The van der Waals surface area contributed by atoms with Gasteiger partial charge in [-0.2, -0.15) is 0 Å². The Morgan fingerprint density at radius 3 is 2.74 bits per heavy atom. The van der Waals surface area contributed by atoms with Crippen LogP contribution in [0.25, 0.3) is 0 Å². The number of rotatable bonds is 5. The van der Waals surface area contributed by atoms with E-state index in [0.29, 0.717) is 29.6 Å². The molecule has 0 saturated carbocycles. The minimum atomic E-state index is -0.283. The number of hydrogen-bond acceptors (Lipinski definition) is 5. The van der Waals surface area contributed by atoms with Crippen molar-refractivity contribution >= 4 is 11.9 Å². The molecule has 0 saturated heterocycles. The topological polar surface area (TPSA) is 69.2 Å². The first-order valence-corrected chi connectivity index (χ1v) is 7.91. The maximum absolute atomic E-state index is 12.4. The summed E-state index contributed by atoms with van der Waals surface area (Å²) in [6, 6.07) is 5.40. The molecule has 6 nitrogen and oxygen atoms in total. The Morgan fingerprint density at radius 2 is 2.04 bits per heavy atom. The summed E-state index contributed by atoms with van der Waals surface area (Å²) in [6.07, 6.45) is 0.869. The van der Waals surface area contributed by atoms with Crippen LogP contribution < -0.4 is 14.8 Å². The lowest BCUT2D eigenvalue weighted by Crippen LogP contribution is -2.34. The molecule has 1 aliphatic heterocycles. The van der Waals surface area contributed by atoms with Crippen LogP contribution in [0.3, 0.4) is 0 Å². The van der Waals surface area contributed by atoms with Gasteiger partial charge in [0.2, 0.25) is 6.79 Å². The summed E-state index contributed by atoms with van der Waals surface area (Å²) in [6.45, 7) is 8.77. The monoisotopic (exact) mass is 320 g/mol. The molecule has 1 aliphatic rings. The normalized spacial score (nSPS) is 14.7. The van der Waals surface area contributed by atoms with E-state index in [1.54, 1.807) is 18.2 Å². The van der Waals surface area contributed by atoms with E-state index in [9.17, 15) is 4.79 Å². The number of carbonyl (C=O) groups excluding carboxylic acids is 1. The molecule has 2 rings (SSSR count). The van der Waals surface area contributed by atoms with Crippen LogP contribution >= 0.6 is 0 Å². The van der Waals surface area contributed by atoms with Crippen LogP contribution in [0.4, 0.5) is 0 Å². The number of hydrogen-bond donors (Lipinski definition) is 1. The molecule has 0 radical (unpaired) electrons. The molecule has 0 spiro atoms. The van der Waals surface area contributed by atoms with Gasteiger partial charge < -0.3 is 14.2 Å². The smallest absolute Gasteiger partial charge is 0.291 e. The van der Waals surface area contributed by atoms with Gasteiger partial charge in [0.25, 0.3) is 11.9 Å². The summed E-state index contributed by atoms with van der Waals surface area (Å²) < 4.78 is 16.2. The van der Waals surface area contributed by atoms with Crippen molar-refractivity contribution < 1.29 is 19.0 Å². The van der Waals surface area contributed by atoms with E-state index in [4.69, 9.17) is 14.2 Å². The Labute approximate surface area is 136 Å². The van der Waals surface area contributed by atoms with Gasteiger partial charge >= 0.3 is 0 Å². The summed E-state index contributed by atoms with van der Waals surface area (Å²) in [5, 5.41) is 2.74. The van der Waals surface area contributed by atoms with Gasteiger partial charge in [0.05, 0.1) is 12.6 Å². The molecule has 1 aromatic rings. The Kier molecular flexibility index (Phi) is 5.84. The molecule has 1 heterocycles. The molecule has 0 unspecified atom stereocenters. The van der Waals surface area contributed by atoms with Crippen molar-refractivity contribution in [2.24, 2.45) is 10.9 Å². The second kappa shape index (κ2) is 7.85. The van der Waals surface area contributed by atoms with Gasteiger partial charge in [0.15, 0.2) is 11.5 Å². The van der Waals surface area contributed by atoms with E-state index < -0.39 is 0 Å². The number of amidine groups is 1. The third-order valence-electron chi connectivity index (χ3n) is 3.34. The summed E-state index contributed by atoms with van der Waals surface area (Å²) in [4.78, 5) is 16.8. The van der Waals surface area contributed by atoms with Crippen molar-refractivity contribution in [1.82, 2.24) is 5.32 Å². The predicted octanol–water partition coefficient (Wildman–Crippen LogP) is 2.97. The van der Waals surface area contributed by atoms with Gasteiger partial charge in [-0.05, 0) is 37.5 Å². The number of fused-ring (bicyclic) bond motifs is 1. The number of ether oxygens (including phenoxy) is 3. The molecule has 0 aliphatic carbocycles. The third kappa shape index (κ3) is 4.87. The number of amides is 1. The summed E-state index contributed by atoms with van der Waals surface area (Å²) >= 11 is 0. The highest BCUT2D eigenvalue weighted by Crippen LogP contribution is 2.32. The van der Waals surface area contributed by atoms with Gasteiger partial charge in [-0.3, -0.25) is 10.1 Å². The summed E-state index contributed by atoms with van der Waals surface area (Å²) in [7, 11) is 0. The van der Waals surface area contributed by atoms with Crippen LogP contribution in [0.2, 0.25) is 0 Å². The Morgan fingerprint density at radius 1 is 1.30 bits per heavy atom. The first kappa shape index (κ1) is 17.1. The fraction of sp³-hybridized carbons (Fsp3) is 0.529. The lowest BCUT2D eigenvalue weighted by atomic mass is 10.2. The molecular formula is C17H24N2O4. The zero-order chi connectivity index (χ0) is 16.8. The summed E-state index contributed by atoms with van der Waals surface area (Å²) in [5.41, 5.74) is 0.472. The van der Waals surface area contributed by atoms with Gasteiger partial charge in [-0.1, -0.05) is 20.8 Å². The maximum atomic E-state index is 12.4. The Bertz CT molecular complexity index is 584. The number of nitrogens with zero attached hydrogens (tertiary/aromatic N) is 1. The number of nitrogens with one attached hydrogen (secondary N) is 1. The van der Waals surface area contributed by atoms with Gasteiger partial charge in [0, 0.05) is 5.56 Å². The largest absolute Gasteiger partial charge is 0.465 e. The maximum Gasteiger partial charge on any atom is 0.291 e. The van der Waals surface area contributed by atoms with Crippen LogP contribution in [-0.2, 0) is 4.74 Å². The Balaban J connectivity index is 2.08. The molecule has 6 heteroatoms. The molecule has 1 atom stereocenters. The molecule has 1 aromatic carbocycles. The standard InChI is InChI=1S/C17H24N2O4/c1-5-12(4)18-17(21-9-11(2)3)19-16(20)13-6-7-14-15(8-13)23-10-22-14/h6-8,11-12H,5,9-10H2,1-4H3,(H,18,19,20)/t12-/m0/s1. The van der Waals surface area contributed by atoms with Crippen LogP contribution in [0.15, 0.2) is 23.2 Å². The van der Waals surface area contributed by atoms with E-state index in [0.717, 1.165) is 6.42 Å². The number of aliphatic imine (C=N–C) groups is 1. The first-order chi connectivity index (χ1) is 11.0. The summed E-state index contributed by atoms with van der Waals surface area (Å²) in [5.74, 6) is 1.28. The lowest BCUT2D eigenvalue weighted by Gasteiger charge is -2.14. The van der Waals surface area contributed by atoms with Gasteiger partial charge in [-0.15, -0.1) is 0 Å². The molecular weight excluding hydrogens is 296 g/mol. The molecule has 0 fully saturated rings. The van der Waals surface area contributed by atoms with E-state index in [2.05, 4.69) is 10.3 Å². The first-order valence-electron chi connectivity index (χ1n) is 7.91. The Hall–Kier alpha value is -2.24. The molecule has 1 amide bonds. The zero-order valence-electron chi connectivity index (χ0n) is 14.1. The quantitative estimate of drug-likeness (QED) is 0.669. The van der Waals surface area contributed by atoms with E-state index >= 15 is 0 Å². The number of benzene rings is 1. The van der Waals surface area contributed by atoms with E-state index in [1.165, 1.54) is 0 Å². The van der Waals surface area contributed by atoms with Crippen LogP contribution in [0.1, 0.15) is 44.5 Å². The van der Waals surface area contributed by atoms with Crippen molar-refractivity contribution in [1.29, 1.82) is 0 Å². The van der Waals surface area contributed by atoms with E-state index in [1.807, 2.05) is 27.7 Å². The third-order valence-corrected chi connectivity index (χ3v) is 3.34. The molecule has 0 aromatic heterocycles. The minimum Gasteiger partial charge on any atom is -0.465 e. The fourth-order valence-corrected chi connectivity index (χ4v) is 1.85. The molecule has 1 N–H and O–H groups in total. The van der Waals surface area contributed by atoms with Crippen LogP contribution in [0.5, 0.6) is 11.5 Å². The highest BCUT2D eigenvalue weighted by molar-refractivity contribution is 6.04. The van der Waals surface area contributed by atoms with Crippen molar-refractivity contribution in [3.05, 3.63) is 23.8 Å². The second-order valence-electron chi connectivity index (χ2n) is 5.92. The van der Waals surface area contributed by atoms with E-state index in [-0.39, 0.29) is 24.8 Å². The average molecular weight is 320 g/mol. The predicted molar refractivity (Wildman–Crippen MR) is 88.0 cm³/mol. The molecule has 126 valence electrons. The SMILES string of the molecule is CC[C@H](C)N=C(NC(=O)c1ccc2c(c1)OCO2)OCC(C)C. The van der Waals surface area contributed by atoms with Crippen molar-refractivity contribution in [2.75, 3.05) is 13.4 Å². The second-order valence-corrected chi connectivity index (χ2v) is 5.92. The fourth-order valence-electron chi connectivity index (χ4n) is 1.85. The minimum absolute atomic E-state index is 0.0780. The van der Waals surface area contributed by atoms with Crippen molar-refractivity contribution in [3.63, 3.8) is 0 Å². The molecule has 23 heavy (non-hydrogen) atoms.